The molecule has 0 atom stereocenters. The number of unbranched alkanes of at least 4 members (excludes halogenated alkanes) is 2. The Morgan fingerprint density at radius 1 is 0.729 bits per heavy atom. The number of ether oxygens (including phenoxy) is 2. The van der Waals surface area contributed by atoms with Crippen LogP contribution in [0.2, 0.25) is 10.0 Å². The van der Waals surface area contributed by atoms with E-state index in [1.54, 1.807) is 54.6 Å². The number of nitrogens with two attached hydrogens (primary N) is 2. The van der Waals surface area contributed by atoms with E-state index in [2.05, 4.69) is 5.32 Å². The van der Waals surface area contributed by atoms with Crippen LogP contribution >= 0.6 is 23.2 Å². The monoisotopic (exact) mass is 909 g/mol. The van der Waals surface area contributed by atoms with Gasteiger partial charge in [0.05, 0.1) is 59.6 Å². The van der Waals surface area contributed by atoms with E-state index in [1.807, 2.05) is 31.2 Å². The summed E-state index contributed by atoms with van der Waals surface area (Å²) in [5.41, 5.74) is 14.0. The maximum Gasteiger partial charge on any atom is 1.00 e. The number of para-hydroxylation sites is 1. The van der Waals surface area contributed by atoms with Crippen LogP contribution in [0.25, 0.3) is 0 Å². The molecule has 22 heteroatoms. The van der Waals surface area contributed by atoms with Crippen molar-refractivity contribution in [2.24, 2.45) is 11.5 Å². The normalized spacial score (nSPS) is 10.4. The van der Waals surface area contributed by atoms with Gasteiger partial charge in [0.1, 0.15) is 23.2 Å². The van der Waals surface area contributed by atoms with Gasteiger partial charge < -0.3 is 46.4 Å². The van der Waals surface area contributed by atoms with Crippen molar-refractivity contribution in [1.29, 1.82) is 10.8 Å². The minimum atomic E-state index is -3.92. The maximum absolute atomic E-state index is 11.0. The quantitative estimate of drug-likeness (QED) is 0.0235. The van der Waals surface area contributed by atoms with E-state index >= 15 is 0 Å². The smallest absolute Gasteiger partial charge is 0.545 e. The third kappa shape index (κ3) is 24.0. The first-order chi connectivity index (χ1) is 27.2. The summed E-state index contributed by atoms with van der Waals surface area (Å²) in [5.74, 6) is -0.730. The van der Waals surface area contributed by atoms with Gasteiger partial charge in [0.2, 0.25) is 0 Å². The van der Waals surface area contributed by atoms with Gasteiger partial charge in [-0.25, -0.2) is 0 Å². The summed E-state index contributed by atoms with van der Waals surface area (Å²) in [6.45, 7) is 2.08. The second kappa shape index (κ2) is 28.5. The van der Waals surface area contributed by atoms with Crippen LogP contribution in [0.15, 0.2) is 84.9 Å². The van der Waals surface area contributed by atoms with Crippen molar-refractivity contribution in [3.63, 3.8) is 0 Å². The number of aryl methyl sites for hydroxylation is 1. The fourth-order valence-corrected chi connectivity index (χ4v) is 5.06. The number of carboxylic acid groups (broad SMARTS) is 1. The number of carbonyl (C=O) groups is 1. The van der Waals surface area contributed by atoms with Gasteiger partial charge in [0, 0.05) is 22.4 Å². The molecule has 0 saturated carbocycles. The Balaban J connectivity index is 0.000000867. The fraction of sp³-hybridized carbons (Fsp3) is 0.270. The summed E-state index contributed by atoms with van der Waals surface area (Å²) in [6, 6.07) is 24.3. The molecule has 0 aliphatic rings. The Morgan fingerprint density at radius 3 is 1.51 bits per heavy atom. The molecule has 0 saturated heterocycles. The number of aromatic carboxylic acids is 1. The molecule has 4 aromatic carbocycles. The van der Waals surface area contributed by atoms with E-state index in [0.717, 1.165) is 36.3 Å². The molecule has 0 aromatic heterocycles. The molecule has 318 valence electrons. The van der Waals surface area contributed by atoms with Crippen LogP contribution in [0.1, 0.15) is 46.3 Å². The molecule has 0 fully saturated rings. The number of carbonyl (C=O) groups excluding carboxylic acids is 1. The zero-order chi connectivity index (χ0) is 43.9. The molecule has 0 bridgehead atoms. The van der Waals surface area contributed by atoms with Crippen LogP contribution in [0, 0.1) is 17.7 Å². The number of rotatable bonds is 17. The molecule has 11 N–H and O–H groups in total. The molecule has 0 aliphatic heterocycles. The van der Waals surface area contributed by atoms with E-state index in [4.69, 9.17) is 74.3 Å². The molecule has 0 heterocycles. The molecule has 17 nitrogen and oxygen atoms in total. The SMILES string of the molecule is Cc1ccc(Cl)c(Nc2ccccc2C(=O)[O-])c1Cl.N=C(N)c1ccc(OCCCCCOc2ccc(C(=N)N)cc2)cc1.O=S(=O)(O)CCO.O=S(=O)(O)CCO.[Na+]. The number of carboxylic acids is 1. The number of halogens is 2. The van der Waals surface area contributed by atoms with Crippen molar-refractivity contribution < 1.29 is 85.1 Å². The number of hydrogen-bond acceptors (Lipinski definition) is 13. The van der Waals surface area contributed by atoms with Gasteiger partial charge in [0.15, 0.2) is 0 Å². The van der Waals surface area contributed by atoms with Gasteiger partial charge in [-0.1, -0.05) is 47.5 Å². The summed E-state index contributed by atoms with van der Waals surface area (Å²) in [4.78, 5) is 11.0. The molecule has 59 heavy (non-hydrogen) atoms. The molecule has 4 aromatic rings. The third-order valence-corrected chi connectivity index (χ3v) is 9.25. The summed E-state index contributed by atoms with van der Waals surface area (Å²) < 4.78 is 65.5. The first-order valence-electron chi connectivity index (χ1n) is 17.0. The van der Waals surface area contributed by atoms with Crippen LogP contribution in [0.5, 0.6) is 11.5 Å². The Bertz CT molecular complexity index is 2050. The minimum absolute atomic E-state index is 0. The number of nitrogens with one attached hydrogen (secondary N) is 3. The predicted octanol–water partition coefficient (Wildman–Crippen LogP) is 1.03. The zero-order valence-electron chi connectivity index (χ0n) is 32.2. The first-order valence-corrected chi connectivity index (χ1v) is 20.9. The largest absolute Gasteiger partial charge is 1.00 e. The number of aliphatic hydroxyl groups excluding tert-OH is 2. The Labute approximate surface area is 375 Å². The number of anilines is 2. The van der Waals surface area contributed by atoms with E-state index in [9.17, 15) is 26.7 Å². The Kier molecular flexibility index (Phi) is 26.5. The van der Waals surface area contributed by atoms with Crippen LogP contribution in [-0.4, -0.2) is 91.7 Å². The van der Waals surface area contributed by atoms with E-state index < -0.39 is 50.9 Å². The summed E-state index contributed by atoms with van der Waals surface area (Å²) in [7, 11) is -7.85. The van der Waals surface area contributed by atoms with Crippen LogP contribution in [-0.2, 0) is 20.2 Å². The average Bonchev–Trinajstić information content (AvgIpc) is 3.15. The van der Waals surface area contributed by atoms with Crippen LogP contribution in [0.3, 0.4) is 0 Å². The van der Waals surface area contributed by atoms with Crippen molar-refractivity contribution in [3.05, 3.63) is 117 Å². The summed E-state index contributed by atoms with van der Waals surface area (Å²) in [5, 5.41) is 45.3. The Hall–Kier alpha value is -3.99. The van der Waals surface area contributed by atoms with Crippen LogP contribution < -0.4 is 60.9 Å². The molecule has 0 amide bonds. The van der Waals surface area contributed by atoms with Crippen LogP contribution in [0.4, 0.5) is 11.4 Å². The van der Waals surface area contributed by atoms with Crippen molar-refractivity contribution in [3.8, 4) is 11.5 Å². The van der Waals surface area contributed by atoms with Gasteiger partial charge in [-0.3, -0.25) is 19.9 Å². The minimum Gasteiger partial charge on any atom is -0.545 e. The molecule has 0 aliphatic carbocycles. The maximum atomic E-state index is 11.0. The second-order valence-corrected chi connectivity index (χ2v) is 15.6. The van der Waals surface area contributed by atoms with Gasteiger partial charge in [-0.05, 0) is 92.4 Å². The molecule has 0 spiro atoms. The van der Waals surface area contributed by atoms with Gasteiger partial charge in [-0.15, -0.1) is 0 Å². The second-order valence-electron chi connectivity index (χ2n) is 11.7. The first kappa shape index (κ1) is 55.0. The topological polar surface area (TPSA) is 320 Å². The molecular formula is C37H46Cl2N5NaO12S2. The number of benzene rings is 4. The van der Waals surface area contributed by atoms with Gasteiger partial charge >= 0.3 is 29.6 Å². The molecular weight excluding hydrogens is 864 g/mol. The third-order valence-electron chi connectivity index (χ3n) is 7.05. The predicted molar refractivity (Wildman–Crippen MR) is 222 cm³/mol. The molecule has 4 rings (SSSR count). The van der Waals surface area contributed by atoms with Crippen molar-refractivity contribution in [2.75, 3.05) is 43.3 Å². The Morgan fingerprint density at radius 2 is 1.15 bits per heavy atom. The zero-order valence-corrected chi connectivity index (χ0v) is 37.4. The standard InChI is InChI=1S/C19H24N4O2.C14H11Cl2NO2.2C2H6O4S.Na/c20-18(21)14-4-8-16(9-5-14)24-12-2-1-3-13-25-17-10-6-15(7-11-17)19(22)23;1-8-6-7-10(15)13(12(8)16)17-11-5-3-2-4-9(11)14(18)19;2*3-1-2-7(4,5)6;/h4-11H,1-3,12-13H2,(H3,20,21)(H3,22,23);2-7,17H,1H3,(H,18,19);2*3H,1-2H2,(H,4,5,6);/q;;;;+1/p-1. The number of nitrogen functional groups attached to an aromatic ring is 2. The van der Waals surface area contributed by atoms with Crippen molar-refractivity contribution in [1.82, 2.24) is 0 Å². The van der Waals surface area contributed by atoms with Crippen molar-refractivity contribution in [2.45, 2.75) is 26.2 Å². The van der Waals surface area contributed by atoms with E-state index in [-0.39, 0.29) is 46.8 Å². The average molecular weight is 911 g/mol. The summed E-state index contributed by atoms with van der Waals surface area (Å²) >= 11 is 12.2. The molecule has 0 radical (unpaired) electrons. The number of hydrogen-bond donors (Lipinski definition) is 9. The number of amidine groups is 2. The molecule has 0 unspecified atom stereocenters. The van der Waals surface area contributed by atoms with E-state index in [0.29, 0.717) is 45.8 Å². The fourth-order valence-electron chi connectivity index (χ4n) is 4.13. The van der Waals surface area contributed by atoms with Crippen molar-refractivity contribution >= 4 is 72.5 Å². The van der Waals surface area contributed by atoms with Gasteiger partial charge in [-0.2, -0.15) is 16.8 Å². The van der Waals surface area contributed by atoms with Gasteiger partial charge in [0.25, 0.3) is 20.2 Å². The number of aliphatic hydroxyl groups is 2. The van der Waals surface area contributed by atoms with E-state index in [1.165, 1.54) is 6.07 Å². The summed E-state index contributed by atoms with van der Waals surface area (Å²) in [6.07, 6.45) is 2.90.